The van der Waals surface area contributed by atoms with E-state index in [1.54, 1.807) is 0 Å². The highest BCUT2D eigenvalue weighted by Gasteiger charge is 2.10. The lowest BCUT2D eigenvalue weighted by molar-refractivity contribution is -0.598. The molecular weight excluding hydrogens is 112 g/mol. The molecule has 0 saturated carbocycles. The van der Waals surface area contributed by atoms with E-state index in [-0.39, 0.29) is 0 Å². The van der Waals surface area contributed by atoms with Crippen LogP contribution in [0.3, 0.4) is 0 Å². The zero-order chi connectivity index (χ0) is 6.53. The highest BCUT2D eigenvalue weighted by Crippen LogP contribution is 2.04. The van der Waals surface area contributed by atoms with E-state index in [9.17, 15) is 0 Å². The van der Waals surface area contributed by atoms with Crippen molar-refractivity contribution in [3.05, 3.63) is 7.05 Å². The van der Waals surface area contributed by atoms with Crippen molar-refractivity contribution in [2.75, 3.05) is 13.1 Å². The van der Waals surface area contributed by atoms with Crippen molar-refractivity contribution in [1.82, 2.24) is 5.32 Å². The maximum Gasteiger partial charge on any atom is 0.0671 e. The number of nitrogens with one attached hydrogen (secondary N) is 1. The monoisotopic (exact) mass is 128 g/mol. The van der Waals surface area contributed by atoms with Crippen LogP contribution in [0.2, 0.25) is 0 Å². The fourth-order valence-corrected chi connectivity index (χ4v) is 1.33. The fourth-order valence-electron chi connectivity index (χ4n) is 1.33. The molecule has 1 atom stereocenters. The maximum absolute atomic E-state index is 3.71. The minimum Gasteiger partial charge on any atom is -0.478 e. The number of hydrogen-bond donors (Lipinski definition) is 2. The van der Waals surface area contributed by atoms with E-state index >= 15 is 0 Å². The van der Waals surface area contributed by atoms with Crippen LogP contribution in [-0.2, 0) is 0 Å². The normalized spacial score (nSPS) is 28.3. The molecule has 2 heteroatoms. The summed E-state index contributed by atoms with van der Waals surface area (Å²) >= 11 is 0. The zero-order valence-electron chi connectivity index (χ0n) is 5.90. The van der Waals surface area contributed by atoms with Gasteiger partial charge in [-0.2, -0.15) is 7.05 Å². The van der Waals surface area contributed by atoms with E-state index in [0.29, 0.717) is 0 Å². The third kappa shape index (κ3) is 2.33. The lowest BCUT2D eigenvalue weighted by Gasteiger charge is -2.22. The van der Waals surface area contributed by atoms with Gasteiger partial charge in [0.25, 0.3) is 0 Å². The van der Waals surface area contributed by atoms with E-state index in [2.05, 4.69) is 12.4 Å². The topological polar surface area (TPSA) is 28.6 Å². The average molecular weight is 128 g/mol. The van der Waals surface area contributed by atoms with Crippen molar-refractivity contribution in [3.8, 4) is 0 Å². The van der Waals surface area contributed by atoms with Crippen LogP contribution in [-0.4, -0.2) is 19.1 Å². The Morgan fingerprint density at radius 1 is 1.56 bits per heavy atom. The standard InChI is InChI=1S/C7H16N2/c1-8-6-7-4-2-3-5-9-7/h7,9H,1-6,8H2. The third-order valence-electron chi connectivity index (χ3n) is 1.86. The van der Waals surface area contributed by atoms with Gasteiger partial charge < -0.3 is 10.6 Å². The minimum absolute atomic E-state index is 0.733. The Labute approximate surface area is 57.0 Å². The molecule has 1 aliphatic rings. The SMILES string of the molecule is [CH2-][NH2+]CC1CCCCN1. The summed E-state index contributed by atoms with van der Waals surface area (Å²) in [7, 11) is 3.71. The van der Waals surface area contributed by atoms with E-state index in [1.807, 2.05) is 5.32 Å². The van der Waals surface area contributed by atoms with Crippen molar-refractivity contribution in [2.24, 2.45) is 0 Å². The van der Waals surface area contributed by atoms with Gasteiger partial charge in [-0.3, -0.25) is 0 Å². The Bertz CT molecular complexity index is 64.6. The molecule has 54 valence electrons. The van der Waals surface area contributed by atoms with Crippen molar-refractivity contribution >= 4 is 0 Å². The fraction of sp³-hybridized carbons (Fsp3) is 0.857. The second kappa shape index (κ2) is 3.85. The van der Waals surface area contributed by atoms with Gasteiger partial charge in [0.1, 0.15) is 0 Å². The summed E-state index contributed by atoms with van der Waals surface area (Å²) in [5.74, 6) is 0. The highest BCUT2D eigenvalue weighted by molar-refractivity contribution is 4.69. The van der Waals surface area contributed by atoms with Crippen LogP contribution in [0.4, 0.5) is 0 Å². The molecule has 1 rings (SSSR count). The second-order valence-corrected chi connectivity index (χ2v) is 2.67. The molecular formula is C7H16N2. The van der Waals surface area contributed by atoms with Crippen molar-refractivity contribution < 1.29 is 5.32 Å². The van der Waals surface area contributed by atoms with Crippen LogP contribution in [0.25, 0.3) is 0 Å². The van der Waals surface area contributed by atoms with Gasteiger partial charge in [0.05, 0.1) is 12.6 Å². The van der Waals surface area contributed by atoms with E-state index in [4.69, 9.17) is 0 Å². The first-order chi connectivity index (χ1) is 4.43. The van der Waals surface area contributed by atoms with E-state index in [1.165, 1.54) is 25.8 Å². The molecule has 1 unspecified atom stereocenters. The number of piperidine rings is 1. The molecule has 0 spiro atoms. The van der Waals surface area contributed by atoms with Gasteiger partial charge >= 0.3 is 0 Å². The van der Waals surface area contributed by atoms with Crippen LogP contribution < -0.4 is 10.6 Å². The highest BCUT2D eigenvalue weighted by atomic mass is 15.0. The van der Waals surface area contributed by atoms with Gasteiger partial charge in [-0.25, -0.2) is 0 Å². The summed E-state index contributed by atoms with van der Waals surface area (Å²) in [6.07, 6.45) is 4.09. The Kier molecular flexibility index (Phi) is 3.01. The molecule has 0 aliphatic carbocycles. The molecule has 1 fully saturated rings. The lowest BCUT2D eigenvalue weighted by atomic mass is 10.1. The van der Waals surface area contributed by atoms with Crippen LogP contribution in [0, 0.1) is 7.05 Å². The maximum atomic E-state index is 3.71. The summed E-state index contributed by atoms with van der Waals surface area (Å²) in [5.41, 5.74) is 0. The smallest absolute Gasteiger partial charge is 0.0671 e. The largest absolute Gasteiger partial charge is 0.478 e. The Morgan fingerprint density at radius 2 is 2.44 bits per heavy atom. The quantitative estimate of drug-likeness (QED) is 0.481. The summed E-state index contributed by atoms with van der Waals surface area (Å²) in [6.45, 7) is 2.35. The predicted molar refractivity (Wildman–Crippen MR) is 37.8 cm³/mol. The second-order valence-electron chi connectivity index (χ2n) is 2.67. The number of quaternary nitrogens is 1. The van der Waals surface area contributed by atoms with Gasteiger partial charge in [-0.15, -0.1) is 0 Å². The summed E-state index contributed by atoms with van der Waals surface area (Å²) in [5, 5.41) is 5.45. The Hall–Kier alpha value is -0.0800. The summed E-state index contributed by atoms with van der Waals surface area (Å²) in [4.78, 5) is 0. The Morgan fingerprint density at radius 3 is 3.00 bits per heavy atom. The first-order valence-corrected chi connectivity index (χ1v) is 3.78. The molecule has 9 heavy (non-hydrogen) atoms. The van der Waals surface area contributed by atoms with E-state index in [0.717, 1.165) is 12.6 Å². The minimum atomic E-state index is 0.733. The Balaban J connectivity index is 2.08. The van der Waals surface area contributed by atoms with Crippen molar-refractivity contribution in [2.45, 2.75) is 25.3 Å². The molecule has 0 radical (unpaired) electrons. The van der Waals surface area contributed by atoms with Crippen LogP contribution in [0.15, 0.2) is 0 Å². The predicted octanol–water partition coefficient (Wildman–Crippen LogP) is -0.517. The summed E-state index contributed by atoms with van der Waals surface area (Å²) in [6, 6.07) is 0.733. The van der Waals surface area contributed by atoms with Crippen molar-refractivity contribution in [1.29, 1.82) is 0 Å². The molecule has 0 bridgehead atoms. The molecule has 0 aromatic rings. The lowest BCUT2D eigenvalue weighted by Crippen LogP contribution is -2.80. The number of rotatable bonds is 2. The van der Waals surface area contributed by atoms with Crippen molar-refractivity contribution in [3.63, 3.8) is 0 Å². The molecule has 3 N–H and O–H groups in total. The first kappa shape index (κ1) is 7.03. The molecule has 0 aromatic carbocycles. The van der Waals surface area contributed by atoms with Gasteiger partial charge in [-0.05, 0) is 19.4 Å². The zero-order valence-corrected chi connectivity index (χ0v) is 5.90. The molecule has 0 aromatic heterocycles. The summed E-state index contributed by atoms with van der Waals surface area (Å²) < 4.78 is 0. The number of hydrogen-bond acceptors (Lipinski definition) is 1. The third-order valence-corrected chi connectivity index (χ3v) is 1.86. The van der Waals surface area contributed by atoms with Crippen LogP contribution in [0.1, 0.15) is 19.3 Å². The van der Waals surface area contributed by atoms with Gasteiger partial charge in [0, 0.05) is 0 Å². The van der Waals surface area contributed by atoms with Gasteiger partial charge in [0.2, 0.25) is 0 Å². The molecule has 0 amide bonds. The molecule has 2 nitrogen and oxygen atoms in total. The van der Waals surface area contributed by atoms with Gasteiger partial charge in [0.15, 0.2) is 0 Å². The first-order valence-electron chi connectivity index (χ1n) is 3.78. The number of nitrogens with two attached hydrogens (primary N) is 1. The molecule has 1 saturated heterocycles. The van der Waals surface area contributed by atoms with Crippen LogP contribution in [0.5, 0.6) is 0 Å². The average Bonchev–Trinajstić information content (AvgIpc) is 1.91. The van der Waals surface area contributed by atoms with E-state index < -0.39 is 0 Å². The molecule has 1 aliphatic heterocycles. The molecule has 1 heterocycles. The van der Waals surface area contributed by atoms with Crippen LogP contribution >= 0.6 is 0 Å². The van der Waals surface area contributed by atoms with Gasteiger partial charge in [-0.1, -0.05) is 6.42 Å².